The van der Waals surface area contributed by atoms with Crippen LogP contribution < -0.4 is 0 Å². The highest BCUT2D eigenvalue weighted by Crippen LogP contribution is 2.23. The Morgan fingerprint density at radius 3 is 1.95 bits per heavy atom. The second-order valence-electron chi connectivity index (χ2n) is 7.20. The van der Waals surface area contributed by atoms with Gasteiger partial charge in [-0.15, -0.1) is 0 Å². The first-order chi connectivity index (χ1) is 8.33. The van der Waals surface area contributed by atoms with E-state index in [0.29, 0.717) is 0 Å². The van der Waals surface area contributed by atoms with Crippen molar-refractivity contribution < 1.29 is 19.4 Å². The van der Waals surface area contributed by atoms with Crippen molar-refractivity contribution in [2.45, 2.75) is 57.5 Å². The van der Waals surface area contributed by atoms with Crippen molar-refractivity contribution in [3.63, 3.8) is 0 Å². The van der Waals surface area contributed by atoms with E-state index in [1.807, 2.05) is 0 Å². The van der Waals surface area contributed by atoms with Gasteiger partial charge in [-0.1, -0.05) is 45.9 Å². The average Bonchev–Trinajstić information content (AvgIpc) is 2.11. The van der Waals surface area contributed by atoms with Gasteiger partial charge in [-0.25, -0.2) is 4.79 Å². The minimum absolute atomic E-state index is 0.0197. The molecule has 1 unspecified atom stereocenters. The summed E-state index contributed by atoms with van der Waals surface area (Å²) in [6.45, 7) is 16.7. The summed E-state index contributed by atoms with van der Waals surface area (Å²) in [6.07, 6.45) is -0.357. The van der Waals surface area contributed by atoms with Crippen LogP contribution in [0, 0.1) is 0 Å². The topological polar surface area (TPSA) is 63.6 Å². The van der Waals surface area contributed by atoms with Crippen molar-refractivity contribution in [2.75, 3.05) is 0 Å². The van der Waals surface area contributed by atoms with E-state index in [1.165, 1.54) is 0 Å². The van der Waals surface area contributed by atoms with Gasteiger partial charge in [0.25, 0.3) is 0 Å². The molecule has 0 aliphatic heterocycles. The summed E-state index contributed by atoms with van der Waals surface area (Å²) in [4.78, 5) is 22.4. The third-order valence-electron chi connectivity index (χ3n) is 2.67. The van der Waals surface area contributed by atoms with Gasteiger partial charge in [-0.3, -0.25) is 4.79 Å². The monoisotopic (exact) mass is 302 g/mol. The first-order valence-electron chi connectivity index (χ1n) is 6.43. The lowest BCUT2D eigenvalue weighted by Gasteiger charge is -2.33. The van der Waals surface area contributed by atoms with E-state index in [0.717, 1.165) is 6.04 Å². The predicted molar refractivity (Wildman–Crippen MR) is 82.8 cm³/mol. The fraction of sp³-hybridized carbons (Fsp3) is 0.692. The molecule has 4 nitrogen and oxygen atoms in total. The zero-order valence-electron chi connectivity index (χ0n) is 12.9. The predicted octanol–water partition coefficient (Wildman–Crippen LogP) is 3.14. The summed E-state index contributed by atoms with van der Waals surface area (Å²) in [5, 5.41) is 8.66. The molecule has 0 saturated heterocycles. The number of hydrogen-bond acceptors (Lipinski definition) is 3. The Hall–Kier alpha value is -0.886. The highest BCUT2D eigenvalue weighted by atomic mass is 28.3. The number of carboxylic acids is 1. The van der Waals surface area contributed by atoms with Crippen molar-refractivity contribution in [1.82, 2.24) is 0 Å². The highest BCUT2D eigenvalue weighted by Gasteiger charge is 2.34. The number of carboxylic acid groups (broad SMARTS) is 1. The van der Waals surface area contributed by atoms with E-state index in [1.54, 1.807) is 0 Å². The first-order valence-corrected chi connectivity index (χ1v) is 13.7. The number of ether oxygens (including phenoxy) is 1. The summed E-state index contributed by atoms with van der Waals surface area (Å²) in [6, 6.07) is 0.912. The van der Waals surface area contributed by atoms with Crippen LogP contribution in [0.4, 0.5) is 0 Å². The van der Waals surface area contributed by atoms with E-state index in [-0.39, 0.29) is 17.7 Å². The second-order valence-corrected chi connectivity index (χ2v) is 18.1. The molecule has 0 spiro atoms. The van der Waals surface area contributed by atoms with Crippen molar-refractivity contribution in [3.8, 4) is 0 Å². The minimum Gasteiger partial charge on any atom is -0.481 e. The Labute approximate surface area is 117 Å². The van der Waals surface area contributed by atoms with Crippen LogP contribution in [-0.4, -0.2) is 38.9 Å². The van der Waals surface area contributed by atoms with Crippen LogP contribution in [0.15, 0.2) is 12.2 Å². The highest BCUT2D eigenvalue weighted by molar-refractivity contribution is 6.82. The smallest absolute Gasteiger partial charge is 0.333 e. The number of aliphatic carboxylic acids is 1. The Balaban J connectivity index is 4.80. The van der Waals surface area contributed by atoms with Gasteiger partial charge in [0.1, 0.15) is 0 Å². The quantitative estimate of drug-likeness (QED) is 0.446. The molecule has 19 heavy (non-hydrogen) atoms. The molecule has 1 atom stereocenters. The van der Waals surface area contributed by atoms with Crippen molar-refractivity contribution >= 4 is 28.1 Å². The van der Waals surface area contributed by atoms with Gasteiger partial charge in [-0.05, 0) is 6.04 Å². The van der Waals surface area contributed by atoms with Crippen LogP contribution in [0.25, 0.3) is 0 Å². The van der Waals surface area contributed by atoms with Gasteiger partial charge in [0.15, 0.2) is 0 Å². The van der Waals surface area contributed by atoms with Crippen LogP contribution in [0.3, 0.4) is 0 Å². The molecular formula is C13H26O4Si2. The summed E-state index contributed by atoms with van der Waals surface area (Å²) in [5.74, 6) is -1.62. The van der Waals surface area contributed by atoms with Gasteiger partial charge < -0.3 is 9.84 Å². The van der Waals surface area contributed by atoms with Gasteiger partial charge in [-0.2, -0.15) is 0 Å². The summed E-state index contributed by atoms with van der Waals surface area (Å²) >= 11 is 0. The maximum Gasteiger partial charge on any atom is 0.333 e. The maximum absolute atomic E-state index is 11.9. The fourth-order valence-electron chi connectivity index (χ4n) is 1.55. The molecule has 0 bridgehead atoms. The number of rotatable bonds is 7. The van der Waals surface area contributed by atoms with Crippen LogP contribution in [0.5, 0.6) is 0 Å². The summed E-state index contributed by atoms with van der Waals surface area (Å²) in [5.41, 5.74) is -0.0523. The molecule has 0 rings (SSSR count). The van der Waals surface area contributed by atoms with E-state index in [9.17, 15) is 9.59 Å². The lowest BCUT2D eigenvalue weighted by Crippen LogP contribution is -2.46. The van der Waals surface area contributed by atoms with E-state index >= 15 is 0 Å². The molecule has 0 heterocycles. The largest absolute Gasteiger partial charge is 0.481 e. The molecule has 0 saturated carbocycles. The Kier molecular flexibility index (Phi) is 6.21. The van der Waals surface area contributed by atoms with E-state index in [2.05, 4.69) is 45.9 Å². The maximum atomic E-state index is 11.9. The molecule has 0 amide bonds. The van der Waals surface area contributed by atoms with Crippen LogP contribution in [0.1, 0.15) is 6.42 Å². The molecule has 1 N–H and O–H groups in total. The number of carbonyl (C=O) groups excluding carboxylic acids is 1. The third-order valence-corrected chi connectivity index (χ3v) is 6.92. The lowest BCUT2D eigenvalue weighted by molar-refractivity contribution is -0.143. The number of hydrogen-bond donors (Lipinski definition) is 1. The number of esters is 1. The molecule has 0 aromatic rings. The third kappa shape index (κ3) is 7.99. The molecule has 0 aromatic carbocycles. The fourth-order valence-corrected chi connectivity index (χ4v) is 7.49. The molecule has 0 aromatic heterocycles. The Morgan fingerprint density at radius 2 is 1.63 bits per heavy atom. The zero-order chi connectivity index (χ0) is 15.4. The first kappa shape index (κ1) is 18.1. The van der Waals surface area contributed by atoms with Crippen LogP contribution in [0.2, 0.25) is 45.3 Å². The summed E-state index contributed by atoms with van der Waals surface area (Å²) < 4.78 is 5.55. The van der Waals surface area contributed by atoms with E-state index in [4.69, 9.17) is 9.84 Å². The lowest BCUT2D eigenvalue weighted by atomic mass is 10.2. The molecule has 110 valence electrons. The second kappa shape index (κ2) is 6.52. The van der Waals surface area contributed by atoms with Crippen molar-refractivity contribution in [3.05, 3.63) is 12.2 Å². The normalized spacial score (nSPS) is 13.8. The van der Waals surface area contributed by atoms with Gasteiger partial charge >= 0.3 is 11.9 Å². The molecular weight excluding hydrogens is 276 g/mol. The van der Waals surface area contributed by atoms with Gasteiger partial charge in [0, 0.05) is 13.6 Å². The molecule has 0 radical (unpaired) electrons. The van der Waals surface area contributed by atoms with Crippen LogP contribution in [-0.2, 0) is 14.3 Å². The SMILES string of the molecule is C=C(CC(=O)O)C(=O)OC(C[Si](C)(C)C)[Si](C)(C)C. The van der Waals surface area contributed by atoms with Crippen molar-refractivity contribution in [1.29, 1.82) is 0 Å². The standard InChI is InChI=1S/C13H26O4Si2/c1-10(8-11(14)15)13(16)17-12(19(5,6)7)9-18(2,3)4/h12H,1,8-9H2,2-7H3,(H,14,15). The minimum atomic E-state index is -1.64. The van der Waals surface area contributed by atoms with Crippen molar-refractivity contribution in [2.24, 2.45) is 0 Å². The molecule has 6 heteroatoms. The molecule has 0 aliphatic carbocycles. The van der Waals surface area contributed by atoms with Crippen LogP contribution >= 0.6 is 0 Å². The average molecular weight is 303 g/mol. The molecule has 0 aliphatic rings. The molecule has 0 fully saturated rings. The Bertz CT molecular complexity index is 364. The number of carbonyl (C=O) groups is 2. The zero-order valence-corrected chi connectivity index (χ0v) is 14.9. The Morgan fingerprint density at radius 1 is 1.16 bits per heavy atom. The summed E-state index contributed by atoms with van der Waals surface area (Å²) in [7, 11) is -2.99. The van der Waals surface area contributed by atoms with Gasteiger partial charge in [0.05, 0.1) is 20.2 Å². The van der Waals surface area contributed by atoms with Gasteiger partial charge in [0.2, 0.25) is 0 Å². The van der Waals surface area contributed by atoms with E-state index < -0.39 is 28.1 Å².